The van der Waals surface area contributed by atoms with Crippen LogP contribution in [0.4, 0.5) is 0 Å². The Hall–Kier alpha value is -1.68. The molecule has 132 valence electrons. The molecule has 0 amide bonds. The summed E-state index contributed by atoms with van der Waals surface area (Å²) in [6.07, 6.45) is 2.30. The first-order valence-electron chi connectivity index (χ1n) is 9.57. The van der Waals surface area contributed by atoms with Gasteiger partial charge in [0, 0.05) is 31.2 Å². The number of hydrogen-bond acceptors (Lipinski definition) is 3. The maximum Gasteiger partial charge on any atom is 0.0344 e. The molecular weight excluding hydrogens is 306 g/mol. The molecule has 0 spiro atoms. The summed E-state index contributed by atoms with van der Waals surface area (Å²) in [5.41, 5.74) is 10.5. The summed E-state index contributed by atoms with van der Waals surface area (Å²) in [5.74, 6) is 0.715. The fourth-order valence-electron chi connectivity index (χ4n) is 4.54. The smallest absolute Gasteiger partial charge is 0.0344 e. The van der Waals surface area contributed by atoms with Crippen LogP contribution in [0.25, 0.3) is 0 Å². The molecule has 1 heterocycles. The SMILES string of the molecule is CC(NC1CC(N)c2ccccc21)C1CCN(Cc2ccccc2)C1. The van der Waals surface area contributed by atoms with Gasteiger partial charge in [-0.15, -0.1) is 0 Å². The zero-order chi connectivity index (χ0) is 17.2. The lowest BCUT2D eigenvalue weighted by Gasteiger charge is -2.26. The molecular formula is C22H29N3. The molecule has 1 saturated heterocycles. The molecule has 0 saturated carbocycles. The van der Waals surface area contributed by atoms with E-state index in [1.165, 1.54) is 36.2 Å². The van der Waals surface area contributed by atoms with E-state index >= 15 is 0 Å². The molecule has 3 N–H and O–H groups in total. The summed E-state index contributed by atoms with van der Waals surface area (Å²) in [6.45, 7) is 5.81. The average Bonchev–Trinajstić information content (AvgIpc) is 3.22. The first kappa shape index (κ1) is 16.8. The average molecular weight is 335 g/mol. The minimum absolute atomic E-state index is 0.180. The van der Waals surface area contributed by atoms with E-state index < -0.39 is 0 Å². The number of benzene rings is 2. The summed E-state index contributed by atoms with van der Waals surface area (Å²) in [5, 5.41) is 3.89. The number of nitrogens with one attached hydrogen (secondary N) is 1. The first-order valence-corrected chi connectivity index (χ1v) is 9.57. The molecule has 4 atom stereocenters. The third-order valence-electron chi connectivity index (χ3n) is 5.99. The van der Waals surface area contributed by atoms with Crippen LogP contribution >= 0.6 is 0 Å². The number of hydrogen-bond donors (Lipinski definition) is 2. The van der Waals surface area contributed by atoms with Crippen LogP contribution in [0.3, 0.4) is 0 Å². The minimum atomic E-state index is 0.180. The molecule has 2 aromatic carbocycles. The Labute approximate surface area is 151 Å². The summed E-state index contributed by atoms with van der Waals surface area (Å²) in [6, 6.07) is 20.6. The van der Waals surface area contributed by atoms with Crippen LogP contribution in [0.1, 0.15) is 48.5 Å². The standard InChI is InChI=1S/C22H29N3/c1-16(24-22-13-21(23)19-9-5-6-10-20(19)22)18-11-12-25(15-18)14-17-7-3-2-4-8-17/h2-10,16,18,21-22,24H,11-15,23H2,1H3. The van der Waals surface area contributed by atoms with E-state index in [9.17, 15) is 0 Å². The third kappa shape index (κ3) is 3.64. The largest absolute Gasteiger partial charge is 0.324 e. The van der Waals surface area contributed by atoms with Crippen LogP contribution in [-0.2, 0) is 6.54 Å². The molecule has 1 aliphatic carbocycles. The lowest BCUT2D eigenvalue weighted by atomic mass is 9.98. The van der Waals surface area contributed by atoms with Crippen LogP contribution in [0.15, 0.2) is 54.6 Å². The zero-order valence-corrected chi connectivity index (χ0v) is 15.1. The molecule has 3 heteroatoms. The Morgan fingerprint density at radius 2 is 1.80 bits per heavy atom. The van der Waals surface area contributed by atoms with Crippen LogP contribution < -0.4 is 11.1 Å². The molecule has 2 aliphatic rings. The first-order chi connectivity index (χ1) is 12.2. The zero-order valence-electron chi connectivity index (χ0n) is 15.1. The van der Waals surface area contributed by atoms with Crippen LogP contribution in [0, 0.1) is 5.92 Å². The molecule has 1 fully saturated rings. The van der Waals surface area contributed by atoms with Crippen molar-refractivity contribution in [1.82, 2.24) is 10.2 Å². The predicted octanol–water partition coefficient (Wildman–Crippen LogP) is 3.63. The van der Waals surface area contributed by atoms with E-state index in [0.717, 1.165) is 13.0 Å². The van der Waals surface area contributed by atoms with Crippen molar-refractivity contribution >= 4 is 0 Å². The predicted molar refractivity (Wildman–Crippen MR) is 103 cm³/mol. The van der Waals surface area contributed by atoms with Gasteiger partial charge in [0.2, 0.25) is 0 Å². The Morgan fingerprint density at radius 3 is 2.60 bits per heavy atom. The molecule has 25 heavy (non-hydrogen) atoms. The van der Waals surface area contributed by atoms with E-state index in [1.54, 1.807) is 0 Å². The lowest BCUT2D eigenvalue weighted by Crippen LogP contribution is -2.37. The topological polar surface area (TPSA) is 41.3 Å². The van der Waals surface area contributed by atoms with Gasteiger partial charge < -0.3 is 11.1 Å². The normalized spacial score (nSPS) is 27.4. The fourth-order valence-corrected chi connectivity index (χ4v) is 4.54. The minimum Gasteiger partial charge on any atom is -0.324 e. The van der Waals surface area contributed by atoms with Crippen LogP contribution in [0.5, 0.6) is 0 Å². The van der Waals surface area contributed by atoms with Gasteiger partial charge in [0.05, 0.1) is 0 Å². The molecule has 2 aromatic rings. The third-order valence-corrected chi connectivity index (χ3v) is 5.99. The van der Waals surface area contributed by atoms with E-state index in [4.69, 9.17) is 5.73 Å². The van der Waals surface area contributed by atoms with Crippen molar-refractivity contribution in [2.75, 3.05) is 13.1 Å². The number of rotatable bonds is 5. The number of likely N-dealkylation sites (tertiary alicyclic amines) is 1. The van der Waals surface area contributed by atoms with Crippen molar-refractivity contribution in [2.24, 2.45) is 11.7 Å². The lowest BCUT2D eigenvalue weighted by molar-refractivity contribution is 0.286. The molecule has 3 nitrogen and oxygen atoms in total. The van der Waals surface area contributed by atoms with Gasteiger partial charge in [-0.1, -0.05) is 54.6 Å². The molecule has 4 rings (SSSR count). The fraction of sp³-hybridized carbons (Fsp3) is 0.455. The highest BCUT2D eigenvalue weighted by atomic mass is 15.2. The summed E-state index contributed by atoms with van der Waals surface area (Å²) < 4.78 is 0. The molecule has 0 bridgehead atoms. The number of fused-ring (bicyclic) bond motifs is 1. The van der Waals surface area contributed by atoms with E-state index in [0.29, 0.717) is 18.0 Å². The van der Waals surface area contributed by atoms with Gasteiger partial charge in [0.1, 0.15) is 0 Å². The van der Waals surface area contributed by atoms with Gasteiger partial charge in [-0.2, -0.15) is 0 Å². The number of nitrogens with zero attached hydrogens (tertiary/aromatic N) is 1. The Morgan fingerprint density at radius 1 is 1.08 bits per heavy atom. The summed E-state index contributed by atoms with van der Waals surface area (Å²) >= 11 is 0. The Bertz CT molecular complexity index is 699. The van der Waals surface area contributed by atoms with Crippen molar-refractivity contribution in [3.63, 3.8) is 0 Å². The van der Waals surface area contributed by atoms with Crippen molar-refractivity contribution in [1.29, 1.82) is 0 Å². The quantitative estimate of drug-likeness (QED) is 0.877. The second-order valence-corrected chi connectivity index (χ2v) is 7.75. The maximum absolute atomic E-state index is 6.33. The van der Waals surface area contributed by atoms with Crippen molar-refractivity contribution in [2.45, 2.75) is 44.4 Å². The second-order valence-electron chi connectivity index (χ2n) is 7.75. The Balaban J connectivity index is 1.34. The van der Waals surface area contributed by atoms with Gasteiger partial charge in [0.15, 0.2) is 0 Å². The van der Waals surface area contributed by atoms with E-state index in [1.807, 2.05) is 0 Å². The van der Waals surface area contributed by atoms with Crippen molar-refractivity contribution in [3.8, 4) is 0 Å². The summed E-state index contributed by atoms with van der Waals surface area (Å²) in [7, 11) is 0. The molecule has 0 aromatic heterocycles. The number of nitrogens with two attached hydrogens (primary N) is 1. The van der Waals surface area contributed by atoms with E-state index in [-0.39, 0.29) is 6.04 Å². The molecule has 0 radical (unpaired) electrons. The summed E-state index contributed by atoms with van der Waals surface area (Å²) in [4.78, 5) is 2.59. The highest BCUT2D eigenvalue weighted by Gasteiger charge is 2.32. The van der Waals surface area contributed by atoms with Gasteiger partial charge >= 0.3 is 0 Å². The monoisotopic (exact) mass is 335 g/mol. The molecule has 1 aliphatic heterocycles. The van der Waals surface area contributed by atoms with Gasteiger partial charge in [-0.25, -0.2) is 0 Å². The highest BCUT2D eigenvalue weighted by molar-refractivity contribution is 5.37. The van der Waals surface area contributed by atoms with Crippen molar-refractivity contribution in [3.05, 3.63) is 71.3 Å². The second kappa shape index (κ2) is 7.28. The van der Waals surface area contributed by atoms with Crippen LogP contribution in [-0.4, -0.2) is 24.0 Å². The Kier molecular flexibility index (Phi) is 4.89. The molecule has 4 unspecified atom stereocenters. The van der Waals surface area contributed by atoms with Crippen molar-refractivity contribution < 1.29 is 0 Å². The maximum atomic E-state index is 6.33. The van der Waals surface area contributed by atoms with Gasteiger partial charge in [-0.05, 0) is 48.9 Å². The van der Waals surface area contributed by atoms with Gasteiger partial charge in [0.25, 0.3) is 0 Å². The van der Waals surface area contributed by atoms with Gasteiger partial charge in [-0.3, -0.25) is 4.90 Å². The van der Waals surface area contributed by atoms with E-state index in [2.05, 4.69) is 71.7 Å². The van der Waals surface area contributed by atoms with Crippen LogP contribution in [0.2, 0.25) is 0 Å². The highest BCUT2D eigenvalue weighted by Crippen LogP contribution is 2.38.